The molecule has 1 aromatic rings. The lowest BCUT2D eigenvalue weighted by Crippen LogP contribution is -2.29. The zero-order valence-electron chi connectivity index (χ0n) is 9.88. The first-order chi connectivity index (χ1) is 8.33. The standard InChI is InChI=1S/C13H18BrNS2/c14-13-6-10-11(2-1-3-12(10)17-13)15-7-9-4-5-16-8-9/h6,9,11,15H,1-5,7-8H2. The van der Waals surface area contributed by atoms with Crippen LogP contribution in [0.4, 0.5) is 0 Å². The third-order valence-electron chi connectivity index (χ3n) is 3.76. The Morgan fingerprint density at radius 3 is 3.18 bits per heavy atom. The average Bonchev–Trinajstić information content (AvgIpc) is 2.93. The molecule has 0 spiro atoms. The van der Waals surface area contributed by atoms with Gasteiger partial charge in [0.05, 0.1) is 3.79 Å². The third-order valence-corrected chi connectivity index (χ3v) is 6.71. The molecule has 94 valence electrons. The molecule has 2 heterocycles. The molecule has 3 rings (SSSR count). The van der Waals surface area contributed by atoms with Gasteiger partial charge in [0.1, 0.15) is 0 Å². The van der Waals surface area contributed by atoms with E-state index in [4.69, 9.17) is 0 Å². The van der Waals surface area contributed by atoms with Crippen LogP contribution in [0.15, 0.2) is 9.85 Å². The molecule has 0 radical (unpaired) electrons. The molecular formula is C13H18BrNS2. The molecule has 1 aliphatic heterocycles. The van der Waals surface area contributed by atoms with Crippen molar-refractivity contribution in [3.8, 4) is 0 Å². The molecule has 1 saturated heterocycles. The minimum Gasteiger partial charge on any atom is -0.310 e. The van der Waals surface area contributed by atoms with Gasteiger partial charge in [0.2, 0.25) is 0 Å². The van der Waals surface area contributed by atoms with Gasteiger partial charge in [-0.2, -0.15) is 11.8 Å². The molecule has 2 aliphatic rings. The highest BCUT2D eigenvalue weighted by atomic mass is 79.9. The number of hydrogen-bond acceptors (Lipinski definition) is 3. The fraction of sp³-hybridized carbons (Fsp3) is 0.692. The second-order valence-electron chi connectivity index (χ2n) is 5.01. The monoisotopic (exact) mass is 331 g/mol. The lowest BCUT2D eigenvalue weighted by molar-refractivity contribution is 0.420. The number of rotatable bonds is 3. The number of fused-ring (bicyclic) bond motifs is 1. The van der Waals surface area contributed by atoms with E-state index in [0.29, 0.717) is 6.04 Å². The van der Waals surface area contributed by atoms with Gasteiger partial charge in [-0.25, -0.2) is 0 Å². The fourth-order valence-electron chi connectivity index (χ4n) is 2.79. The first-order valence-corrected chi connectivity index (χ1v) is 9.18. The van der Waals surface area contributed by atoms with E-state index in [1.165, 1.54) is 47.5 Å². The Morgan fingerprint density at radius 2 is 2.35 bits per heavy atom. The molecule has 1 aliphatic carbocycles. The van der Waals surface area contributed by atoms with E-state index in [1.807, 2.05) is 11.3 Å². The average molecular weight is 332 g/mol. The van der Waals surface area contributed by atoms with E-state index in [9.17, 15) is 0 Å². The fourth-order valence-corrected chi connectivity index (χ4v) is 5.89. The third kappa shape index (κ3) is 2.91. The van der Waals surface area contributed by atoms with Gasteiger partial charge in [-0.3, -0.25) is 0 Å². The zero-order valence-corrected chi connectivity index (χ0v) is 13.1. The van der Waals surface area contributed by atoms with Gasteiger partial charge in [0.25, 0.3) is 0 Å². The molecule has 1 aromatic heterocycles. The van der Waals surface area contributed by atoms with E-state index >= 15 is 0 Å². The number of thioether (sulfide) groups is 1. The highest BCUT2D eigenvalue weighted by Gasteiger charge is 2.24. The number of halogens is 1. The van der Waals surface area contributed by atoms with Crippen LogP contribution in [0.2, 0.25) is 0 Å². The second-order valence-corrected chi connectivity index (χ2v) is 8.68. The van der Waals surface area contributed by atoms with E-state index < -0.39 is 0 Å². The highest BCUT2D eigenvalue weighted by molar-refractivity contribution is 9.11. The summed E-state index contributed by atoms with van der Waals surface area (Å²) in [5, 5.41) is 3.81. The molecule has 1 nitrogen and oxygen atoms in total. The predicted molar refractivity (Wildman–Crippen MR) is 81.1 cm³/mol. The molecule has 0 saturated carbocycles. The molecule has 0 aromatic carbocycles. The van der Waals surface area contributed by atoms with Crippen molar-refractivity contribution in [3.05, 3.63) is 20.3 Å². The maximum absolute atomic E-state index is 3.81. The Kier molecular flexibility index (Phi) is 4.15. The minimum atomic E-state index is 0.617. The van der Waals surface area contributed by atoms with Crippen molar-refractivity contribution >= 4 is 39.0 Å². The van der Waals surface area contributed by atoms with Crippen molar-refractivity contribution in [1.29, 1.82) is 0 Å². The first kappa shape index (κ1) is 12.5. The summed E-state index contributed by atoms with van der Waals surface area (Å²) in [7, 11) is 0. The molecule has 1 N–H and O–H groups in total. The maximum Gasteiger partial charge on any atom is 0.0704 e. The van der Waals surface area contributed by atoms with Gasteiger partial charge in [0.15, 0.2) is 0 Å². The van der Waals surface area contributed by atoms with Crippen LogP contribution >= 0.6 is 39.0 Å². The summed E-state index contributed by atoms with van der Waals surface area (Å²) in [6.45, 7) is 1.21. The Labute approximate surface area is 120 Å². The van der Waals surface area contributed by atoms with E-state index in [1.54, 1.807) is 10.4 Å². The first-order valence-electron chi connectivity index (χ1n) is 6.42. The van der Waals surface area contributed by atoms with Crippen LogP contribution in [0, 0.1) is 5.92 Å². The van der Waals surface area contributed by atoms with E-state index in [0.717, 1.165) is 5.92 Å². The number of hydrogen-bond donors (Lipinski definition) is 1. The van der Waals surface area contributed by atoms with Gasteiger partial charge in [-0.05, 0) is 77.2 Å². The minimum absolute atomic E-state index is 0.617. The summed E-state index contributed by atoms with van der Waals surface area (Å²) in [5.41, 5.74) is 1.57. The van der Waals surface area contributed by atoms with Crippen LogP contribution in [0.3, 0.4) is 0 Å². The van der Waals surface area contributed by atoms with Gasteiger partial charge in [-0.15, -0.1) is 11.3 Å². The van der Waals surface area contributed by atoms with Crippen LogP contribution in [0.1, 0.15) is 35.7 Å². The zero-order chi connectivity index (χ0) is 11.7. The largest absolute Gasteiger partial charge is 0.310 e. The second kappa shape index (κ2) is 5.64. The quantitative estimate of drug-likeness (QED) is 0.889. The predicted octanol–water partition coefficient (Wildman–Crippen LogP) is 4.23. The van der Waals surface area contributed by atoms with Gasteiger partial charge in [-0.1, -0.05) is 0 Å². The highest BCUT2D eigenvalue weighted by Crippen LogP contribution is 2.38. The lowest BCUT2D eigenvalue weighted by atomic mass is 9.93. The van der Waals surface area contributed by atoms with Gasteiger partial charge >= 0.3 is 0 Å². The van der Waals surface area contributed by atoms with Crippen molar-refractivity contribution in [2.24, 2.45) is 5.92 Å². The summed E-state index contributed by atoms with van der Waals surface area (Å²) < 4.78 is 1.30. The summed E-state index contributed by atoms with van der Waals surface area (Å²) in [6, 6.07) is 2.95. The molecule has 2 atom stereocenters. The van der Waals surface area contributed by atoms with Crippen LogP contribution in [-0.2, 0) is 6.42 Å². The van der Waals surface area contributed by atoms with Crippen LogP contribution in [-0.4, -0.2) is 18.1 Å². The molecule has 0 bridgehead atoms. The SMILES string of the molecule is Brc1cc2c(s1)CCCC2NCC1CCSC1. The van der Waals surface area contributed by atoms with Gasteiger partial charge in [0, 0.05) is 10.9 Å². The summed E-state index contributed by atoms with van der Waals surface area (Å²) in [6.07, 6.45) is 5.35. The number of aryl methyl sites for hydroxylation is 1. The molecule has 2 unspecified atom stereocenters. The van der Waals surface area contributed by atoms with Crippen molar-refractivity contribution in [3.63, 3.8) is 0 Å². The lowest BCUT2D eigenvalue weighted by Gasteiger charge is -2.25. The van der Waals surface area contributed by atoms with Crippen molar-refractivity contribution in [2.75, 3.05) is 18.1 Å². The van der Waals surface area contributed by atoms with Crippen LogP contribution in [0.5, 0.6) is 0 Å². The Balaban J connectivity index is 1.63. The summed E-state index contributed by atoms with van der Waals surface area (Å²) in [5.74, 6) is 3.64. The van der Waals surface area contributed by atoms with Crippen molar-refractivity contribution in [2.45, 2.75) is 31.7 Å². The van der Waals surface area contributed by atoms with Crippen molar-refractivity contribution in [1.82, 2.24) is 5.32 Å². The van der Waals surface area contributed by atoms with E-state index in [2.05, 4.69) is 39.1 Å². The number of thiophene rings is 1. The Morgan fingerprint density at radius 1 is 1.41 bits per heavy atom. The van der Waals surface area contributed by atoms with Crippen LogP contribution in [0.25, 0.3) is 0 Å². The molecule has 17 heavy (non-hydrogen) atoms. The normalized spacial score (nSPS) is 28.3. The van der Waals surface area contributed by atoms with Gasteiger partial charge < -0.3 is 5.32 Å². The smallest absolute Gasteiger partial charge is 0.0704 e. The molecular weight excluding hydrogens is 314 g/mol. The summed E-state index contributed by atoms with van der Waals surface area (Å²) in [4.78, 5) is 1.60. The van der Waals surface area contributed by atoms with E-state index in [-0.39, 0.29) is 0 Å². The maximum atomic E-state index is 3.81. The van der Waals surface area contributed by atoms with Crippen LogP contribution < -0.4 is 5.32 Å². The van der Waals surface area contributed by atoms with Crippen molar-refractivity contribution < 1.29 is 0 Å². The molecule has 0 amide bonds. The summed E-state index contributed by atoms with van der Waals surface area (Å²) >= 11 is 7.66. The Hall–Kier alpha value is 0.490. The topological polar surface area (TPSA) is 12.0 Å². The molecule has 4 heteroatoms. The molecule has 1 fully saturated rings. The Bertz CT molecular complexity index is 385. The number of nitrogens with one attached hydrogen (secondary N) is 1.